The van der Waals surface area contributed by atoms with Gasteiger partial charge in [0.15, 0.2) is 0 Å². The molecular formula is C14H17N5O2S. The van der Waals surface area contributed by atoms with E-state index < -0.39 is 5.91 Å². The van der Waals surface area contributed by atoms with Gasteiger partial charge < -0.3 is 10.6 Å². The average Bonchev–Trinajstić information content (AvgIpc) is 3.16. The summed E-state index contributed by atoms with van der Waals surface area (Å²) in [5.74, 6) is -0.277. The van der Waals surface area contributed by atoms with Crippen molar-refractivity contribution in [3.8, 4) is 0 Å². The Balaban J connectivity index is 1.62. The number of rotatable bonds is 3. The summed E-state index contributed by atoms with van der Waals surface area (Å²) in [4.78, 5) is 29.5. The van der Waals surface area contributed by atoms with Gasteiger partial charge in [-0.2, -0.15) is 5.10 Å². The molecule has 1 fully saturated rings. The molecule has 0 atom stereocenters. The fourth-order valence-electron chi connectivity index (χ4n) is 2.69. The van der Waals surface area contributed by atoms with Crippen LogP contribution in [0.25, 0.3) is 0 Å². The Morgan fingerprint density at radius 2 is 2.09 bits per heavy atom. The molecule has 2 aromatic heterocycles. The Morgan fingerprint density at radius 1 is 1.36 bits per heavy atom. The quantitative estimate of drug-likeness (QED) is 0.889. The lowest BCUT2D eigenvalue weighted by molar-refractivity contribution is 0.0706. The van der Waals surface area contributed by atoms with Gasteiger partial charge in [-0.3, -0.25) is 14.7 Å². The van der Waals surface area contributed by atoms with Gasteiger partial charge in [-0.15, -0.1) is 11.3 Å². The minimum absolute atomic E-state index is 0.00904. The van der Waals surface area contributed by atoms with Gasteiger partial charge in [0.25, 0.3) is 11.8 Å². The Bertz CT molecular complexity index is 700. The summed E-state index contributed by atoms with van der Waals surface area (Å²) >= 11 is 1.48. The predicted molar refractivity (Wildman–Crippen MR) is 81.8 cm³/mol. The second-order valence-corrected chi connectivity index (χ2v) is 6.45. The molecule has 3 rings (SSSR count). The molecular weight excluding hydrogens is 302 g/mol. The number of amides is 2. The van der Waals surface area contributed by atoms with Gasteiger partial charge in [-0.25, -0.2) is 4.98 Å². The number of piperidine rings is 1. The van der Waals surface area contributed by atoms with Gasteiger partial charge >= 0.3 is 0 Å². The van der Waals surface area contributed by atoms with E-state index in [1.807, 2.05) is 11.8 Å². The highest BCUT2D eigenvalue weighted by atomic mass is 32.1. The van der Waals surface area contributed by atoms with E-state index in [4.69, 9.17) is 5.73 Å². The number of carbonyl (C=O) groups is 2. The zero-order chi connectivity index (χ0) is 15.7. The van der Waals surface area contributed by atoms with E-state index in [-0.39, 0.29) is 17.5 Å². The number of aromatic amines is 1. The molecule has 116 valence electrons. The van der Waals surface area contributed by atoms with Crippen LogP contribution in [0.5, 0.6) is 0 Å². The molecule has 0 aromatic carbocycles. The van der Waals surface area contributed by atoms with E-state index in [2.05, 4.69) is 15.2 Å². The highest BCUT2D eigenvalue weighted by Crippen LogP contribution is 2.27. The van der Waals surface area contributed by atoms with E-state index in [0.717, 1.165) is 23.5 Å². The summed E-state index contributed by atoms with van der Waals surface area (Å²) in [7, 11) is 0. The van der Waals surface area contributed by atoms with Crippen molar-refractivity contribution in [3.63, 3.8) is 0 Å². The van der Waals surface area contributed by atoms with Crippen LogP contribution in [0.4, 0.5) is 0 Å². The number of nitrogens with two attached hydrogens (primary N) is 1. The van der Waals surface area contributed by atoms with Crippen molar-refractivity contribution in [2.75, 3.05) is 13.1 Å². The van der Waals surface area contributed by atoms with Crippen LogP contribution in [0.2, 0.25) is 0 Å². The Hall–Kier alpha value is -2.22. The highest BCUT2D eigenvalue weighted by Gasteiger charge is 2.27. The van der Waals surface area contributed by atoms with Crippen molar-refractivity contribution in [3.05, 3.63) is 33.5 Å². The average molecular weight is 319 g/mol. The second kappa shape index (κ2) is 5.88. The molecule has 7 nitrogen and oxygen atoms in total. The first-order valence-electron chi connectivity index (χ1n) is 7.11. The maximum absolute atomic E-state index is 12.3. The molecule has 2 amide bonds. The summed E-state index contributed by atoms with van der Waals surface area (Å²) in [6.45, 7) is 3.23. The fraction of sp³-hybridized carbons (Fsp3) is 0.429. The Labute approximate surface area is 131 Å². The van der Waals surface area contributed by atoms with Crippen LogP contribution >= 0.6 is 11.3 Å². The van der Waals surface area contributed by atoms with Crippen molar-refractivity contribution in [2.45, 2.75) is 25.7 Å². The van der Waals surface area contributed by atoms with Crippen LogP contribution in [-0.4, -0.2) is 45.0 Å². The molecule has 1 aliphatic heterocycles. The van der Waals surface area contributed by atoms with E-state index >= 15 is 0 Å². The van der Waals surface area contributed by atoms with Gasteiger partial charge in [-0.05, 0) is 25.8 Å². The number of hydrogen-bond donors (Lipinski definition) is 2. The molecule has 0 saturated carbocycles. The topological polar surface area (TPSA) is 105 Å². The van der Waals surface area contributed by atoms with E-state index in [9.17, 15) is 9.59 Å². The van der Waals surface area contributed by atoms with E-state index in [1.54, 1.807) is 11.4 Å². The van der Waals surface area contributed by atoms with Crippen molar-refractivity contribution in [1.82, 2.24) is 20.1 Å². The summed E-state index contributed by atoms with van der Waals surface area (Å²) in [6, 6.07) is 1.70. The van der Waals surface area contributed by atoms with Crippen molar-refractivity contribution < 1.29 is 9.59 Å². The lowest BCUT2D eigenvalue weighted by Crippen LogP contribution is -2.38. The number of aryl methyl sites for hydroxylation is 1. The fourth-order valence-corrected chi connectivity index (χ4v) is 3.28. The molecule has 3 N–H and O–H groups in total. The molecule has 0 radical (unpaired) electrons. The van der Waals surface area contributed by atoms with E-state index in [0.29, 0.717) is 18.8 Å². The standard InChI is InChI=1S/C14H17N5O2S/c1-8-16-12(7-22-8)14(21)19-4-2-9(3-5-19)10-6-11(13(15)20)18-17-10/h6-7,9H,2-5H2,1H3,(H2,15,20)(H,17,18). The maximum Gasteiger partial charge on any atom is 0.273 e. The van der Waals surface area contributed by atoms with Gasteiger partial charge in [-0.1, -0.05) is 0 Å². The minimum Gasteiger partial charge on any atom is -0.364 e. The molecule has 0 bridgehead atoms. The van der Waals surface area contributed by atoms with Crippen LogP contribution in [0.1, 0.15) is 50.4 Å². The van der Waals surface area contributed by atoms with Crippen LogP contribution in [-0.2, 0) is 0 Å². The molecule has 1 saturated heterocycles. The van der Waals surface area contributed by atoms with Crippen molar-refractivity contribution in [1.29, 1.82) is 0 Å². The smallest absolute Gasteiger partial charge is 0.273 e. The second-order valence-electron chi connectivity index (χ2n) is 5.39. The number of primary amides is 1. The third kappa shape index (κ3) is 2.87. The lowest BCUT2D eigenvalue weighted by atomic mass is 9.93. The SMILES string of the molecule is Cc1nc(C(=O)N2CCC(c3cc(C(N)=O)n[nH]3)CC2)cs1. The normalized spacial score (nSPS) is 16.0. The molecule has 3 heterocycles. The maximum atomic E-state index is 12.3. The number of carbonyl (C=O) groups excluding carboxylic acids is 2. The molecule has 1 aliphatic rings. The molecule has 0 unspecified atom stereocenters. The first kappa shape index (κ1) is 14.7. The van der Waals surface area contributed by atoms with Gasteiger partial charge in [0.2, 0.25) is 0 Å². The molecule has 8 heteroatoms. The van der Waals surface area contributed by atoms with Crippen LogP contribution in [0.3, 0.4) is 0 Å². The lowest BCUT2D eigenvalue weighted by Gasteiger charge is -2.31. The zero-order valence-corrected chi connectivity index (χ0v) is 13.0. The van der Waals surface area contributed by atoms with Crippen molar-refractivity contribution >= 4 is 23.2 Å². The number of likely N-dealkylation sites (tertiary alicyclic amines) is 1. The van der Waals surface area contributed by atoms with Crippen LogP contribution < -0.4 is 5.73 Å². The van der Waals surface area contributed by atoms with Gasteiger partial charge in [0.05, 0.1) is 5.01 Å². The van der Waals surface area contributed by atoms with Gasteiger partial charge in [0.1, 0.15) is 11.4 Å². The third-order valence-electron chi connectivity index (χ3n) is 3.91. The summed E-state index contributed by atoms with van der Waals surface area (Å²) in [6.07, 6.45) is 1.66. The first-order valence-corrected chi connectivity index (χ1v) is 7.99. The molecule has 2 aromatic rings. The number of H-pyrrole nitrogens is 1. The van der Waals surface area contributed by atoms with Crippen LogP contribution in [0.15, 0.2) is 11.4 Å². The predicted octanol–water partition coefficient (Wildman–Crippen LogP) is 1.29. The van der Waals surface area contributed by atoms with Crippen LogP contribution in [0, 0.1) is 6.92 Å². The number of thiazole rings is 1. The summed E-state index contributed by atoms with van der Waals surface area (Å²) in [5.41, 5.74) is 6.89. The summed E-state index contributed by atoms with van der Waals surface area (Å²) < 4.78 is 0. The highest BCUT2D eigenvalue weighted by molar-refractivity contribution is 7.09. The monoisotopic (exact) mass is 319 g/mol. The number of nitrogens with one attached hydrogen (secondary N) is 1. The van der Waals surface area contributed by atoms with Crippen molar-refractivity contribution in [2.24, 2.45) is 5.73 Å². The number of hydrogen-bond acceptors (Lipinski definition) is 5. The number of nitrogens with zero attached hydrogens (tertiary/aromatic N) is 3. The largest absolute Gasteiger partial charge is 0.364 e. The summed E-state index contributed by atoms with van der Waals surface area (Å²) in [5, 5.41) is 9.48. The first-order chi connectivity index (χ1) is 10.5. The third-order valence-corrected chi connectivity index (χ3v) is 4.68. The Morgan fingerprint density at radius 3 is 2.64 bits per heavy atom. The minimum atomic E-state index is -0.533. The Kier molecular flexibility index (Phi) is 3.93. The van der Waals surface area contributed by atoms with Gasteiger partial charge in [0, 0.05) is 30.1 Å². The molecule has 22 heavy (non-hydrogen) atoms. The zero-order valence-electron chi connectivity index (χ0n) is 12.2. The molecule has 0 aliphatic carbocycles. The molecule has 0 spiro atoms. The van der Waals surface area contributed by atoms with E-state index in [1.165, 1.54) is 11.3 Å². The number of aromatic nitrogens is 3.